The van der Waals surface area contributed by atoms with Gasteiger partial charge in [-0.3, -0.25) is 9.59 Å². The average Bonchev–Trinajstić information content (AvgIpc) is 2.67. The summed E-state index contributed by atoms with van der Waals surface area (Å²) in [4.78, 5) is 26.7. The number of nitrogens with zero attached hydrogens (tertiary/aromatic N) is 2. The van der Waals surface area contributed by atoms with Crippen LogP contribution in [0.1, 0.15) is 28.4 Å². The largest absolute Gasteiger partial charge is 0.356 e. The molecular formula is C20H19BrN2O2S2. The Morgan fingerprint density at radius 1 is 1.15 bits per heavy atom. The molecule has 0 aliphatic carbocycles. The summed E-state index contributed by atoms with van der Waals surface area (Å²) in [5, 5.41) is 0. The third-order valence-corrected chi connectivity index (χ3v) is 7.28. The Kier molecular flexibility index (Phi) is 5.53. The van der Waals surface area contributed by atoms with Crippen LogP contribution in [0, 0.1) is 5.92 Å². The number of aromatic nitrogens is 1. The number of benzene rings is 1. The van der Waals surface area contributed by atoms with Gasteiger partial charge in [-0.05, 0) is 30.5 Å². The molecule has 0 spiro atoms. The molecule has 2 aliphatic heterocycles. The summed E-state index contributed by atoms with van der Waals surface area (Å²) in [6.45, 7) is 2.43. The van der Waals surface area contributed by atoms with Crippen LogP contribution in [0.15, 0.2) is 51.7 Å². The van der Waals surface area contributed by atoms with Gasteiger partial charge < -0.3 is 9.47 Å². The highest BCUT2D eigenvalue weighted by Gasteiger charge is 2.35. The number of rotatable bonds is 3. The zero-order chi connectivity index (χ0) is 19.0. The lowest BCUT2D eigenvalue weighted by Crippen LogP contribution is -2.48. The SMILES string of the molecule is O=C(CSC(=S)N1C[C@@H]2C[C@H](C1)c1cccc(=O)n1C2)c1ccc(Br)cc1. The van der Waals surface area contributed by atoms with E-state index in [2.05, 4.69) is 26.9 Å². The van der Waals surface area contributed by atoms with Crippen LogP contribution in [0.4, 0.5) is 0 Å². The summed E-state index contributed by atoms with van der Waals surface area (Å²) in [5.74, 6) is 1.19. The van der Waals surface area contributed by atoms with E-state index in [0.717, 1.165) is 40.5 Å². The summed E-state index contributed by atoms with van der Waals surface area (Å²) in [6, 6.07) is 12.9. The van der Waals surface area contributed by atoms with E-state index in [0.29, 0.717) is 23.2 Å². The van der Waals surface area contributed by atoms with Crippen molar-refractivity contribution in [2.75, 3.05) is 18.8 Å². The van der Waals surface area contributed by atoms with Gasteiger partial charge >= 0.3 is 0 Å². The van der Waals surface area contributed by atoms with Gasteiger partial charge in [0.25, 0.3) is 5.56 Å². The van der Waals surface area contributed by atoms with Crippen molar-refractivity contribution in [2.24, 2.45) is 5.92 Å². The standard InChI is InChI=1S/C20H19BrN2O2S2/c21-16-6-4-14(5-7-16)18(24)12-27-20(26)22-9-13-8-15(11-22)17-2-1-3-19(25)23(17)10-13/h1-7,13,15H,8-12H2/t13-,15+/m0/s1. The number of ketones is 1. The normalized spacial score (nSPS) is 20.9. The number of carbonyl (C=O) groups excluding carboxylic acids is 1. The van der Waals surface area contributed by atoms with Crippen molar-refractivity contribution < 1.29 is 4.79 Å². The van der Waals surface area contributed by atoms with Crippen molar-refractivity contribution >= 4 is 50.0 Å². The Bertz CT molecular complexity index is 942. The number of fused-ring (bicyclic) bond motifs is 4. The summed E-state index contributed by atoms with van der Waals surface area (Å²) >= 11 is 10.5. The van der Waals surface area contributed by atoms with E-state index in [1.165, 1.54) is 11.8 Å². The fraction of sp³-hybridized carbons (Fsp3) is 0.350. The molecule has 27 heavy (non-hydrogen) atoms. The number of hydrogen-bond acceptors (Lipinski definition) is 4. The monoisotopic (exact) mass is 462 g/mol. The minimum Gasteiger partial charge on any atom is -0.356 e. The minimum atomic E-state index is 0.0870. The van der Waals surface area contributed by atoms with Gasteiger partial charge in [0.1, 0.15) is 4.32 Å². The first kappa shape index (κ1) is 18.9. The lowest BCUT2D eigenvalue weighted by molar-refractivity contribution is 0.102. The molecule has 4 rings (SSSR count). The van der Waals surface area contributed by atoms with Gasteiger partial charge in [-0.15, -0.1) is 0 Å². The molecule has 0 saturated carbocycles. The van der Waals surface area contributed by atoms with Crippen LogP contribution in [0.2, 0.25) is 0 Å². The Balaban J connectivity index is 1.40. The molecule has 0 radical (unpaired) electrons. The first-order valence-electron chi connectivity index (χ1n) is 8.91. The van der Waals surface area contributed by atoms with Crippen LogP contribution in [0.25, 0.3) is 0 Å². The quantitative estimate of drug-likeness (QED) is 0.510. The van der Waals surface area contributed by atoms with Gasteiger partial charge in [-0.25, -0.2) is 0 Å². The second-order valence-electron chi connectivity index (χ2n) is 7.09. The Morgan fingerprint density at radius 3 is 2.70 bits per heavy atom. The third kappa shape index (κ3) is 4.05. The summed E-state index contributed by atoms with van der Waals surface area (Å²) < 4.78 is 3.66. The number of thioether (sulfide) groups is 1. The lowest BCUT2D eigenvalue weighted by Gasteiger charge is -2.43. The van der Waals surface area contributed by atoms with Gasteiger partial charge in [-0.1, -0.05) is 58.1 Å². The predicted octanol–water partition coefficient (Wildman–Crippen LogP) is 3.93. The Hall–Kier alpha value is -1.44. The minimum absolute atomic E-state index is 0.0870. The van der Waals surface area contributed by atoms with Gasteiger partial charge in [0.15, 0.2) is 5.78 Å². The number of pyridine rings is 1. The number of carbonyl (C=O) groups is 1. The second kappa shape index (κ2) is 7.89. The molecule has 2 aromatic rings. The highest BCUT2D eigenvalue weighted by atomic mass is 79.9. The molecule has 1 aromatic heterocycles. The number of thiocarbonyl (C=S) groups is 1. The summed E-state index contributed by atoms with van der Waals surface area (Å²) in [5.41, 5.74) is 1.91. The van der Waals surface area contributed by atoms with Crippen LogP contribution in [0.3, 0.4) is 0 Å². The van der Waals surface area contributed by atoms with Gasteiger partial charge in [-0.2, -0.15) is 0 Å². The second-order valence-corrected chi connectivity index (χ2v) is 9.61. The molecule has 4 nitrogen and oxygen atoms in total. The van der Waals surface area contributed by atoms with Crippen LogP contribution in [-0.4, -0.2) is 38.4 Å². The maximum Gasteiger partial charge on any atom is 0.250 e. The highest BCUT2D eigenvalue weighted by Crippen LogP contribution is 2.36. The molecule has 0 unspecified atom stereocenters. The molecule has 1 saturated heterocycles. The van der Waals surface area contributed by atoms with E-state index >= 15 is 0 Å². The van der Waals surface area contributed by atoms with Gasteiger partial charge in [0.2, 0.25) is 0 Å². The number of halogens is 1. The first-order valence-corrected chi connectivity index (χ1v) is 11.1. The molecule has 1 fully saturated rings. The van der Waals surface area contributed by atoms with Crippen LogP contribution in [0.5, 0.6) is 0 Å². The molecule has 0 N–H and O–H groups in total. The number of likely N-dealkylation sites (tertiary alicyclic amines) is 1. The Labute approximate surface area is 176 Å². The fourth-order valence-electron chi connectivity index (χ4n) is 3.98. The zero-order valence-corrected chi connectivity index (χ0v) is 17.9. The van der Waals surface area contributed by atoms with E-state index in [4.69, 9.17) is 12.2 Å². The highest BCUT2D eigenvalue weighted by molar-refractivity contribution is 9.10. The van der Waals surface area contributed by atoms with Gasteiger partial charge in [0.05, 0.1) is 5.75 Å². The molecule has 2 atom stereocenters. The molecule has 7 heteroatoms. The van der Waals surface area contributed by atoms with Crippen molar-refractivity contribution in [1.82, 2.24) is 9.47 Å². The number of Topliss-reactive ketones (excluding diaryl/α,β-unsaturated/α-hetero) is 1. The smallest absolute Gasteiger partial charge is 0.250 e. The van der Waals surface area contributed by atoms with Crippen molar-refractivity contribution in [3.63, 3.8) is 0 Å². The number of piperidine rings is 1. The summed E-state index contributed by atoms with van der Waals surface area (Å²) in [6.07, 6.45) is 1.10. The van der Waals surface area contributed by atoms with E-state index in [1.807, 2.05) is 34.9 Å². The molecule has 2 bridgehead atoms. The van der Waals surface area contributed by atoms with Crippen molar-refractivity contribution in [2.45, 2.75) is 18.9 Å². The summed E-state index contributed by atoms with van der Waals surface area (Å²) in [7, 11) is 0. The van der Waals surface area contributed by atoms with Crippen LogP contribution in [-0.2, 0) is 6.54 Å². The van der Waals surface area contributed by atoms with Crippen molar-refractivity contribution in [3.8, 4) is 0 Å². The maximum absolute atomic E-state index is 12.4. The molecule has 0 amide bonds. The van der Waals surface area contributed by atoms with E-state index in [1.54, 1.807) is 6.07 Å². The van der Waals surface area contributed by atoms with Crippen LogP contribution >= 0.6 is 39.9 Å². The Morgan fingerprint density at radius 2 is 1.93 bits per heavy atom. The average molecular weight is 463 g/mol. The van der Waals surface area contributed by atoms with E-state index < -0.39 is 0 Å². The van der Waals surface area contributed by atoms with E-state index in [9.17, 15) is 9.59 Å². The molecule has 1 aromatic carbocycles. The maximum atomic E-state index is 12.4. The van der Waals surface area contributed by atoms with Gasteiger partial charge in [0, 0.05) is 47.3 Å². The zero-order valence-electron chi connectivity index (χ0n) is 14.6. The predicted molar refractivity (Wildman–Crippen MR) is 117 cm³/mol. The lowest BCUT2D eigenvalue weighted by atomic mass is 9.83. The van der Waals surface area contributed by atoms with Crippen molar-refractivity contribution in [1.29, 1.82) is 0 Å². The van der Waals surface area contributed by atoms with E-state index in [-0.39, 0.29) is 11.3 Å². The fourth-order valence-corrected chi connectivity index (χ4v) is 5.33. The van der Waals surface area contributed by atoms with Crippen molar-refractivity contribution in [3.05, 3.63) is 68.5 Å². The molecular weight excluding hydrogens is 444 g/mol. The van der Waals surface area contributed by atoms with Crippen LogP contribution < -0.4 is 5.56 Å². The number of hydrogen-bond donors (Lipinski definition) is 0. The first-order chi connectivity index (χ1) is 13.0. The topological polar surface area (TPSA) is 42.3 Å². The molecule has 140 valence electrons. The molecule has 3 heterocycles. The third-order valence-electron chi connectivity index (χ3n) is 5.23. The molecule has 2 aliphatic rings.